The van der Waals surface area contributed by atoms with Gasteiger partial charge in [0, 0.05) is 14.6 Å². The maximum absolute atomic E-state index is 8.82. The minimum absolute atomic E-state index is 0.637. The number of anilines is 2. The van der Waals surface area contributed by atoms with Crippen LogP contribution in [0, 0.1) is 21.8 Å². The monoisotopic (exact) mass is 386 g/mol. The quantitative estimate of drug-likeness (QED) is 0.672. The molecular formula is C16H11IN4. The molecule has 0 aliphatic rings. The fourth-order valence-electron chi connectivity index (χ4n) is 2.06. The van der Waals surface area contributed by atoms with Crippen LogP contribution in [0.25, 0.3) is 10.9 Å². The topological polar surface area (TPSA) is 61.6 Å². The summed E-state index contributed by atoms with van der Waals surface area (Å²) in [6, 6.07) is 13.5. The third kappa shape index (κ3) is 2.67. The van der Waals surface area contributed by atoms with E-state index in [2.05, 4.69) is 56.9 Å². The van der Waals surface area contributed by atoms with E-state index in [4.69, 9.17) is 5.26 Å². The summed E-state index contributed by atoms with van der Waals surface area (Å²) >= 11 is 2.31. The van der Waals surface area contributed by atoms with Gasteiger partial charge >= 0.3 is 0 Å². The molecular weight excluding hydrogens is 375 g/mol. The van der Waals surface area contributed by atoms with Gasteiger partial charge in [-0.25, -0.2) is 9.97 Å². The molecule has 0 spiro atoms. The Hall–Kier alpha value is -2.20. The Bertz CT molecular complexity index is 851. The third-order valence-electron chi connectivity index (χ3n) is 3.21. The summed E-state index contributed by atoms with van der Waals surface area (Å²) in [5.74, 6) is 0.766. The Morgan fingerprint density at radius 3 is 2.57 bits per heavy atom. The second-order valence-corrected chi connectivity index (χ2v) is 5.71. The van der Waals surface area contributed by atoms with Crippen molar-refractivity contribution in [3.05, 3.63) is 57.4 Å². The Kier molecular flexibility index (Phi) is 3.71. The van der Waals surface area contributed by atoms with Gasteiger partial charge in [0.15, 0.2) is 0 Å². The number of hydrogen-bond acceptors (Lipinski definition) is 4. The average Bonchev–Trinajstić information content (AvgIpc) is 2.52. The summed E-state index contributed by atoms with van der Waals surface area (Å²) in [5, 5.41) is 13.1. The zero-order valence-electron chi connectivity index (χ0n) is 11.3. The standard InChI is InChI=1S/C16H11IN4/c1-10-2-7-13-15(14(10)17)19-9-20-16(13)21-12-5-3-11(8-18)4-6-12/h2-7,9H,1H3,(H,19,20,21). The first-order valence-electron chi connectivity index (χ1n) is 6.36. The molecule has 0 saturated carbocycles. The van der Waals surface area contributed by atoms with Gasteiger partial charge in [-0.2, -0.15) is 5.26 Å². The number of benzene rings is 2. The number of nitriles is 1. The highest BCUT2D eigenvalue weighted by Gasteiger charge is 2.08. The van der Waals surface area contributed by atoms with E-state index in [9.17, 15) is 0 Å². The number of halogens is 1. The van der Waals surface area contributed by atoms with Crippen LogP contribution in [0.15, 0.2) is 42.7 Å². The largest absolute Gasteiger partial charge is 0.340 e. The van der Waals surface area contributed by atoms with Crippen LogP contribution in [0.1, 0.15) is 11.1 Å². The normalized spacial score (nSPS) is 10.3. The molecule has 0 bridgehead atoms. The number of nitrogens with one attached hydrogen (secondary N) is 1. The minimum atomic E-state index is 0.637. The number of hydrogen-bond donors (Lipinski definition) is 1. The van der Waals surface area contributed by atoms with Gasteiger partial charge in [0.05, 0.1) is 17.1 Å². The van der Waals surface area contributed by atoms with Crippen molar-refractivity contribution < 1.29 is 0 Å². The van der Waals surface area contributed by atoms with E-state index in [1.807, 2.05) is 18.2 Å². The van der Waals surface area contributed by atoms with Crippen molar-refractivity contribution >= 4 is 45.0 Å². The highest BCUT2D eigenvalue weighted by molar-refractivity contribution is 14.1. The summed E-state index contributed by atoms with van der Waals surface area (Å²) < 4.78 is 1.13. The summed E-state index contributed by atoms with van der Waals surface area (Å²) in [5.41, 5.74) is 3.68. The molecule has 102 valence electrons. The Morgan fingerprint density at radius 1 is 1.10 bits per heavy atom. The van der Waals surface area contributed by atoms with E-state index in [1.165, 1.54) is 5.56 Å². The van der Waals surface area contributed by atoms with E-state index < -0.39 is 0 Å². The number of fused-ring (bicyclic) bond motifs is 1. The molecule has 2 aromatic carbocycles. The summed E-state index contributed by atoms with van der Waals surface area (Å²) in [6.07, 6.45) is 1.57. The van der Waals surface area contributed by atoms with Crippen molar-refractivity contribution in [2.45, 2.75) is 6.92 Å². The van der Waals surface area contributed by atoms with E-state index in [1.54, 1.807) is 18.5 Å². The molecule has 0 saturated heterocycles. The first kappa shape index (κ1) is 13.8. The molecule has 0 fully saturated rings. The number of nitrogens with zero attached hydrogens (tertiary/aromatic N) is 3. The molecule has 1 heterocycles. The van der Waals surface area contributed by atoms with Gasteiger partial charge in [-0.3, -0.25) is 0 Å². The molecule has 5 heteroatoms. The smallest absolute Gasteiger partial charge is 0.141 e. The SMILES string of the molecule is Cc1ccc2c(Nc3ccc(C#N)cc3)ncnc2c1I. The van der Waals surface area contributed by atoms with Crippen molar-refractivity contribution in [1.29, 1.82) is 5.26 Å². The second-order valence-electron chi connectivity index (χ2n) is 4.63. The Balaban J connectivity index is 2.04. The van der Waals surface area contributed by atoms with Gasteiger partial charge in [0.25, 0.3) is 0 Å². The average molecular weight is 386 g/mol. The predicted molar refractivity (Wildman–Crippen MR) is 91.4 cm³/mol. The Morgan fingerprint density at radius 2 is 1.86 bits per heavy atom. The highest BCUT2D eigenvalue weighted by atomic mass is 127. The van der Waals surface area contributed by atoms with Gasteiger partial charge in [-0.15, -0.1) is 0 Å². The van der Waals surface area contributed by atoms with Crippen molar-refractivity contribution in [1.82, 2.24) is 9.97 Å². The van der Waals surface area contributed by atoms with Crippen LogP contribution < -0.4 is 5.32 Å². The maximum Gasteiger partial charge on any atom is 0.141 e. The van der Waals surface area contributed by atoms with Crippen molar-refractivity contribution in [2.75, 3.05) is 5.32 Å². The van der Waals surface area contributed by atoms with Crippen molar-refractivity contribution in [3.8, 4) is 6.07 Å². The summed E-state index contributed by atoms with van der Waals surface area (Å²) in [7, 11) is 0. The van der Waals surface area contributed by atoms with E-state index >= 15 is 0 Å². The fraction of sp³-hybridized carbons (Fsp3) is 0.0625. The van der Waals surface area contributed by atoms with Crippen LogP contribution in [-0.2, 0) is 0 Å². The molecule has 0 radical (unpaired) electrons. The zero-order valence-corrected chi connectivity index (χ0v) is 13.4. The predicted octanol–water partition coefficient (Wildman–Crippen LogP) is 4.16. The summed E-state index contributed by atoms with van der Waals surface area (Å²) in [4.78, 5) is 8.69. The van der Waals surface area contributed by atoms with Crippen LogP contribution in [0.3, 0.4) is 0 Å². The fourth-order valence-corrected chi connectivity index (χ4v) is 2.67. The lowest BCUT2D eigenvalue weighted by atomic mass is 10.1. The molecule has 1 N–H and O–H groups in total. The summed E-state index contributed by atoms with van der Waals surface area (Å²) in [6.45, 7) is 2.07. The first-order valence-corrected chi connectivity index (χ1v) is 7.44. The van der Waals surface area contributed by atoms with Gasteiger partial charge in [-0.1, -0.05) is 6.07 Å². The molecule has 21 heavy (non-hydrogen) atoms. The van der Waals surface area contributed by atoms with Crippen LogP contribution in [-0.4, -0.2) is 9.97 Å². The van der Waals surface area contributed by atoms with Gasteiger partial charge in [0.2, 0.25) is 0 Å². The Labute approximate surface area is 136 Å². The lowest BCUT2D eigenvalue weighted by molar-refractivity contribution is 1.21. The van der Waals surface area contributed by atoms with Crippen LogP contribution in [0.4, 0.5) is 11.5 Å². The number of aromatic nitrogens is 2. The van der Waals surface area contributed by atoms with Crippen molar-refractivity contribution in [3.63, 3.8) is 0 Å². The molecule has 0 aliphatic heterocycles. The van der Waals surface area contributed by atoms with Crippen LogP contribution in [0.5, 0.6) is 0 Å². The lowest BCUT2D eigenvalue weighted by Crippen LogP contribution is -1.97. The first-order chi connectivity index (χ1) is 10.2. The molecule has 1 aromatic heterocycles. The molecule has 0 unspecified atom stereocenters. The van der Waals surface area contributed by atoms with E-state index in [0.717, 1.165) is 26.0 Å². The number of rotatable bonds is 2. The molecule has 3 rings (SSSR count). The van der Waals surface area contributed by atoms with Crippen LogP contribution in [0.2, 0.25) is 0 Å². The van der Waals surface area contributed by atoms with Gasteiger partial charge < -0.3 is 5.32 Å². The van der Waals surface area contributed by atoms with Crippen molar-refractivity contribution in [2.24, 2.45) is 0 Å². The van der Waals surface area contributed by atoms with Gasteiger partial charge in [0.1, 0.15) is 12.1 Å². The zero-order chi connectivity index (χ0) is 14.8. The molecule has 4 nitrogen and oxygen atoms in total. The number of aryl methyl sites for hydroxylation is 1. The molecule has 0 aliphatic carbocycles. The second kappa shape index (κ2) is 5.66. The molecule has 0 atom stereocenters. The molecule has 3 aromatic rings. The third-order valence-corrected chi connectivity index (χ3v) is 4.58. The van der Waals surface area contributed by atoms with Gasteiger partial charge in [-0.05, 0) is 65.4 Å². The molecule has 0 amide bonds. The van der Waals surface area contributed by atoms with E-state index in [0.29, 0.717) is 5.56 Å². The van der Waals surface area contributed by atoms with E-state index in [-0.39, 0.29) is 0 Å². The maximum atomic E-state index is 8.82. The van der Waals surface area contributed by atoms with Crippen LogP contribution >= 0.6 is 22.6 Å². The highest BCUT2D eigenvalue weighted by Crippen LogP contribution is 2.27. The minimum Gasteiger partial charge on any atom is -0.340 e. The lowest BCUT2D eigenvalue weighted by Gasteiger charge is -2.10.